The molecule has 3 atom stereocenters. The van der Waals surface area contributed by atoms with Crippen molar-refractivity contribution >= 4 is 57.2 Å². The molecular formula is C65H73BN2O. The van der Waals surface area contributed by atoms with Crippen molar-refractivity contribution in [1.29, 1.82) is 0 Å². The second-order valence-electron chi connectivity index (χ2n) is 27.3. The first-order valence-corrected chi connectivity index (χ1v) is 26.6. The van der Waals surface area contributed by atoms with Crippen LogP contribution in [0, 0.1) is 16.7 Å². The number of nitrogens with zero attached hydrogens (tertiary/aromatic N) is 2. The van der Waals surface area contributed by atoms with Crippen LogP contribution in [0.3, 0.4) is 0 Å². The molecule has 0 amide bonds. The fraction of sp³-hybridized carbons (Fsp3) is 0.446. The third-order valence-electron chi connectivity index (χ3n) is 19.9. The summed E-state index contributed by atoms with van der Waals surface area (Å²) < 4.78 is 7.69. The average Bonchev–Trinajstić information content (AvgIpc) is 3.92. The summed E-state index contributed by atoms with van der Waals surface area (Å²) in [6, 6.07) is 38.5. The molecule has 69 heavy (non-hydrogen) atoms. The lowest BCUT2D eigenvalue weighted by Crippen LogP contribution is -2.57. The van der Waals surface area contributed by atoms with Crippen LogP contribution >= 0.6 is 0 Å². The zero-order valence-corrected chi connectivity index (χ0v) is 43.9. The van der Waals surface area contributed by atoms with Gasteiger partial charge in [0.1, 0.15) is 5.58 Å². The Kier molecular flexibility index (Phi) is 8.76. The number of hydrogen-bond acceptors (Lipinski definition) is 3. The SMILES string of the molecule is CC1(C)CCC(C)(C)C2CC3=C(C=C21)B1c2c(cc(-c4ccccc4)cc2N(c2ccc4c(c2)C(C)(C)CCC4(C)C)c2oc4cc5c(cc4c21)C1(C)CCC5(C)C1)N3c1ccc(C(C)(C)C)cc1. The molecule has 352 valence electrons. The van der Waals surface area contributed by atoms with Crippen molar-refractivity contribution in [3.8, 4) is 11.1 Å². The van der Waals surface area contributed by atoms with Gasteiger partial charge in [0.05, 0.1) is 0 Å². The first-order valence-electron chi connectivity index (χ1n) is 26.6. The third-order valence-corrected chi connectivity index (χ3v) is 19.9. The molecule has 2 bridgehead atoms. The maximum atomic E-state index is 7.69. The van der Waals surface area contributed by atoms with Gasteiger partial charge in [-0.3, -0.25) is 4.90 Å². The van der Waals surface area contributed by atoms with E-state index >= 15 is 0 Å². The second kappa shape index (κ2) is 13.8. The topological polar surface area (TPSA) is 19.6 Å². The molecule has 2 saturated carbocycles. The number of rotatable bonds is 3. The van der Waals surface area contributed by atoms with Gasteiger partial charge < -0.3 is 9.32 Å². The van der Waals surface area contributed by atoms with E-state index in [2.05, 4.69) is 203 Å². The highest BCUT2D eigenvalue weighted by Gasteiger charge is 2.56. The molecule has 0 saturated heterocycles. The molecule has 3 unspecified atom stereocenters. The summed E-state index contributed by atoms with van der Waals surface area (Å²) in [4.78, 5) is 5.31. The van der Waals surface area contributed by atoms with Crippen LogP contribution in [0.25, 0.3) is 22.1 Å². The Morgan fingerprint density at radius 2 is 1.19 bits per heavy atom. The summed E-state index contributed by atoms with van der Waals surface area (Å²) in [5, 5.41) is 1.30. The minimum absolute atomic E-state index is 0.00487. The number of allylic oxidation sites excluding steroid dienone is 4. The van der Waals surface area contributed by atoms with Gasteiger partial charge in [0.2, 0.25) is 5.88 Å². The zero-order valence-electron chi connectivity index (χ0n) is 43.9. The fourth-order valence-corrected chi connectivity index (χ4v) is 15.4. The molecule has 13 rings (SSSR count). The number of hydrogen-bond donors (Lipinski definition) is 0. The molecule has 0 radical (unpaired) electrons. The van der Waals surface area contributed by atoms with Crippen molar-refractivity contribution in [2.24, 2.45) is 16.7 Å². The molecule has 1 aromatic heterocycles. The maximum absolute atomic E-state index is 7.69. The molecule has 6 aromatic rings. The minimum atomic E-state index is -0.00487. The van der Waals surface area contributed by atoms with E-state index in [1.165, 1.54) is 129 Å². The van der Waals surface area contributed by atoms with Crippen molar-refractivity contribution in [2.45, 2.75) is 168 Å². The predicted molar refractivity (Wildman–Crippen MR) is 292 cm³/mol. The summed E-state index contributed by atoms with van der Waals surface area (Å²) in [5.74, 6) is 1.44. The van der Waals surface area contributed by atoms with Crippen molar-refractivity contribution in [2.75, 3.05) is 9.80 Å². The standard InChI is InChI=1S/C65H73BN2O/c1-59(2,3)41-19-21-42(22-20-41)67-52-36-48-47(62(8,9)27-28-63(48,10)11)35-51(52)66-56-44-34-49-50(65(13)30-29-64(49,12)38-65)37-55(44)69-58(56)68(43-23-24-45-46(33-43)61(6,7)26-25-60(45,4)5)54-32-40(31-53(67)57(54)66)39-17-15-14-16-18-39/h14-24,31-35,37,48H,25-30,36,38H2,1-13H3. The Morgan fingerprint density at radius 1 is 0.565 bits per heavy atom. The molecular weight excluding hydrogens is 836 g/mol. The predicted octanol–water partition coefficient (Wildman–Crippen LogP) is 16.6. The molecule has 5 aromatic carbocycles. The maximum Gasteiger partial charge on any atom is 0.256 e. The van der Waals surface area contributed by atoms with Gasteiger partial charge >= 0.3 is 0 Å². The van der Waals surface area contributed by atoms with Gasteiger partial charge in [-0.2, -0.15) is 0 Å². The minimum Gasteiger partial charge on any atom is -0.440 e. The normalized spacial score (nSPS) is 26.2. The van der Waals surface area contributed by atoms with Gasteiger partial charge in [0.15, 0.2) is 0 Å². The van der Waals surface area contributed by atoms with Gasteiger partial charge in [-0.25, -0.2) is 0 Å². The van der Waals surface area contributed by atoms with E-state index in [1.54, 1.807) is 11.1 Å². The molecule has 2 aliphatic heterocycles. The van der Waals surface area contributed by atoms with E-state index in [0.717, 1.165) is 17.9 Å². The average molecular weight is 909 g/mol. The second-order valence-corrected chi connectivity index (χ2v) is 27.3. The van der Waals surface area contributed by atoms with Gasteiger partial charge in [-0.15, -0.1) is 0 Å². The number of fused-ring (bicyclic) bond motifs is 12. The summed E-state index contributed by atoms with van der Waals surface area (Å²) in [6.45, 7) is 32.0. The van der Waals surface area contributed by atoms with Crippen molar-refractivity contribution in [3.63, 3.8) is 0 Å². The largest absolute Gasteiger partial charge is 0.440 e. The van der Waals surface area contributed by atoms with E-state index in [-0.39, 0.29) is 44.6 Å². The van der Waals surface area contributed by atoms with Crippen LogP contribution in [0.5, 0.6) is 0 Å². The van der Waals surface area contributed by atoms with Crippen molar-refractivity contribution < 1.29 is 4.42 Å². The van der Waals surface area contributed by atoms with Crippen molar-refractivity contribution in [3.05, 3.63) is 148 Å². The van der Waals surface area contributed by atoms with Crippen LogP contribution in [0.1, 0.15) is 169 Å². The van der Waals surface area contributed by atoms with Crippen LogP contribution in [0.2, 0.25) is 0 Å². The molecule has 3 heterocycles. The molecule has 7 aliphatic rings. The first-order chi connectivity index (χ1) is 32.5. The van der Waals surface area contributed by atoms with E-state index < -0.39 is 0 Å². The Morgan fingerprint density at radius 3 is 1.87 bits per heavy atom. The summed E-state index contributed by atoms with van der Waals surface area (Å²) in [7, 11) is 0. The van der Waals surface area contributed by atoms with Crippen LogP contribution < -0.4 is 20.7 Å². The van der Waals surface area contributed by atoms with E-state index in [4.69, 9.17) is 4.42 Å². The number of anilines is 5. The lowest BCUT2D eigenvalue weighted by molar-refractivity contribution is 0.121. The van der Waals surface area contributed by atoms with Gasteiger partial charge in [-0.05, 0) is 194 Å². The smallest absolute Gasteiger partial charge is 0.256 e. The van der Waals surface area contributed by atoms with Gasteiger partial charge in [0.25, 0.3) is 6.71 Å². The Bertz CT molecular complexity index is 3260. The highest BCUT2D eigenvalue weighted by molar-refractivity contribution is 6.97. The summed E-state index contributed by atoms with van der Waals surface area (Å²) >= 11 is 0. The molecule has 4 heteroatoms. The van der Waals surface area contributed by atoms with Gasteiger partial charge in [0, 0.05) is 39.3 Å². The van der Waals surface area contributed by atoms with E-state index in [0.29, 0.717) is 5.92 Å². The first kappa shape index (κ1) is 43.8. The molecule has 2 fully saturated rings. The summed E-state index contributed by atoms with van der Waals surface area (Å²) in [5.41, 5.74) is 24.0. The highest BCUT2D eigenvalue weighted by Crippen LogP contribution is 2.63. The monoisotopic (exact) mass is 909 g/mol. The molecule has 0 N–H and O–H groups in total. The highest BCUT2D eigenvalue weighted by atomic mass is 16.4. The van der Waals surface area contributed by atoms with Crippen LogP contribution in [-0.2, 0) is 27.1 Å². The number of furan rings is 1. The lowest BCUT2D eigenvalue weighted by atomic mass is 9.31. The Labute approximate surface area is 413 Å². The van der Waals surface area contributed by atoms with E-state index in [9.17, 15) is 0 Å². The Hall–Kier alpha value is -5.22. The van der Waals surface area contributed by atoms with Crippen LogP contribution in [0.4, 0.5) is 28.6 Å². The lowest BCUT2D eigenvalue weighted by Gasteiger charge is -2.53. The molecule has 3 nitrogen and oxygen atoms in total. The van der Waals surface area contributed by atoms with Crippen molar-refractivity contribution in [1.82, 2.24) is 0 Å². The van der Waals surface area contributed by atoms with Gasteiger partial charge in [-0.1, -0.05) is 150 Å². The molecule has 5 aliphatic carbocycles. The quantitative estimate of drug-likeness (QED) is 0.165. The zero-order chi connectivity index (χ0) is 48.2. The van der Waals surface area contributed by atoms with E-state index in [1.807, 2.05) is 0 Å². The number of benzene rings is 5. The summed E-state index contributed by atoms with van der Waals surface area (Å²) in [6.07, 6.45) is 12.3. The Balaban J connectivity index is 1.17. The van der Waals surface area contributed by atoms with Crippen LogP contribution in [0.15, 0.2) is 124 Å². The third kappa shape index (κ3) is 6.11. The van der Waals surface area contributed by atoms with Crippen LogP contribution in [-0.4, -0.2) is 6.71 Å². The fourth-order valence-electron chi connectivity index (χ4n) is 15.4. The molecule has 0 spiro atoms.